The van der Waals surface area contributed by atoms with Crippen LogP contribution in [0, 0.1) is 13.8 Å². The van der Waals surface area contributed by atoms with Gasteiger partial charge in [-0.25, -0.2) is 9.97 Å². The van der Waals surface area contributed by atoms with Crippen LogP contribution >= 0.6 is 0 Å². The van der Waals surface area contributed by atoms with E-state index in [1.807, 2.05) is 6.07 Å². The summed E-state index contributed by atoms with van der Waals surface area (Å²) in [6.45, 7) is 4.27. The van der Waals surface area contributed by atoms with Gasteiger partial charge in [0.25, 0.3) is 0 Å². The Morgan fingerprint density at radius 1 is 0.333 bits per heavy atom. The smallest absolute Gasteiger partial charge is 0.160 e. The van der Waals surface area contributed by atoms with Crippen molar-refractivity contribution in [2.24, 2.45) is 0 Å². The summed E-state index contributed by atoms with van der Waals surface area (Å²) in [6, 6.07) is 66.1. The molecule has 3 nitrogen and oxygen atoms in total. The first-order chi connectivity index (χ1) is 25.1. The lowest BCUT2D eigenvalue weighted by Crippen LogP contribution is -2.10. The highest BCUT2D eigenvalue weighted by atomic mass is 15.1. The third-order valence-corrected chi connectivity index (χ3v) is 9.44. The topological polar surface area (TPSA) is 29.0 Å². The van der Waals surface area contributed by atoms with Gasteiger partial charge in [0.05, 0.1) is 11.4 Å². The number of aryl methyl sites for hydroxylation is 1. The number of hydrogen-bond acceptors (Lipinski definition) is 3. The summed E-state index contributed by atoms with van der Waals surface area (Å²) in [5, 5.41) is 0. The third-order valence-electron chi connectivity index (χ3n) is 9.44. The van der Waals surface area contributed by atoms with E-state index in [0.29, 0.717) is 5.82 Å². The van der Waals surface area contributed by atoms with E-state index in [-0.39, 0.29) is 0 Å². The molecule has 244 valence electrons. The summed E-state index contributed by atoms with van der Waals surface area (Å²) < 4.78 is 0. The van der Waals surface area contributed by atoms with Crippen LogP contribution in [0.4, 0.5) is 17.1 Å². The Balaban J connectivity index is 1.21. The van der Waals surface area contributed by atoms with Crippen molar-refractivity contribution in [3.63, 3.8) is 0 Å². The van der Waals surface area contributed by atoms with Gasteiger partial charge in [-0.3, -0.25) is 0 Å². The fourth-order valence-electron chi connectivity index (χ4n) is 6.70. The van der Waals surface area contributed by atoms with Gasteiger partial charge in [-0.05, 0) is 90.2 Å². The Morgan fingerprint density at radius 2 is 0.706 bits per heavy atom. The van der Waals surface area contributed by atoms with Gasteiger partial charge in [-0.2, -0.15) is 0 Å². The fraction of sp³-hybridized carbons (Fsp3) is 0.0417. The molecule has 0 aliphatic heterocycles. The molecular weight excluding hydrogens is 619 g/mol. The molecule has 0 aliphatic rings. The van der Waals surface area contributed by atoms with Crippen molar-refractivity contribution in [3.05, 3.63) is 199 Å². The van der Waals surface area contributed by atoms with Crippen LogP contribution in [0.25, 0.3) is 56.2 Å². The summed E-state index contributed by atoms with van der Waals surface area (Å²) >= 11 is 0. The van der Waals surface area contributed by atoms with E-state index in [1.165, 1.54) is 27.8 Å². The van der Waals surface area contributed by atoms with E-state index in [1.54, 1.807) is 0 Å². The average Bonchev–Trinajstić information content (AvgIpc) is 3.20. The first kappa shape index (κ1) is 31.7. The second-order valence-electron chi connectivity index (χ2n) is 12.8. The standard InChI is InChI=1S/C48H37N3/c1-34-14-12-13-21-45(34)47-35(2)46(40-19-10-5-11-20-40)49-48(50-47)41-26-32-44(33-27-41)51(42-28-22-38(23-29-42)36-15-6-3-7-16-36)43-30-24-39(25-31-43)37-17-8-4-9-18-37/h3-33H,1-2H3. The maximum absolute atomic E-state index is 5.20. The number of aromatic nitrogens is 2. The number of anilines is 3. The van der Waals surface area contributed by atoms with Gasteiger partial charge < -0.3 is 4.90 Å². The first-order valence-electron chi connectivity index (χ1n) is 17.3. The zero-order valence-corrected chi connectivity index (χ0v) is 28.7. The lowest BCUT2D eigenvalue weighted by Gasteiger charge is -2.26. The fourth-order valence-corrected chi connectivity index (χ4v) is 6.70. The SMILES string of the molecule is Cc1ccccc1-c1nc(-c2ccc(N(c3ccc(-c4ccccc4)cc3)c3ccc(-c4ccccc4)cc3)cc2)nc(-c2ccccc2)c1C. The van der Waals surface area contributed by atoms with E-state index in [4.69, 9.17) is 9.97 Å². The van der Waals surface area contributed by atoms with Crippen molar-refractivity contribution < 1.29 is 0 Å². The van der Waals surface area contributed by atoms with Gasteiger partial charge in [-0.1, -0.05) is 140 Å². The Kier molecular flexibility index (Phi) is 8.76. The zero-order valence-electron chi connectivity index (χ0n) is 28.7. The van der Waals surface area contributed by atoms with Gasteiger partial charge in [0, 0.05) is 39.3 Å². The van der Waals surface area contributed by atoms with Crippen LogP contribution < -0.4 is 4.90 Å². The minimum Gasteiger partial charge on any atom is -0.311 e. The molecule has 0 aliphatic carbocycles. The van der Waals surface area contributed by atoms with Crippen LogP contribution in [-0.2, 0) is 0 Å². The molecule has 7 aromatic carbocycles. The van der Waals surface area contributed by atoms with E-state index in [2.05, 4.69) is 201 Å². The minimum atomic E-state index is 0.704. The van der Waals surface area contributed by atoms with Gasteiger partial charge in [0.1, 0.15) is 0 Å². The molecule has 1 aromatic heterocycles. The molecule has 0 N–H and O–H groups in total. The summed E-state index contributed by atoms with van der Waals surface area (Å²) in [5.74, 6) is 0.704. The van der Waals surface area contributed by atoms with Gasteiger partial charge >= 0.3 is 0 Å². The summed E-state index contributed by atoms with van der Waals surface area (Å²) in [5.41, 5.74) is 15.3. The molecular formula is C48H37N3. The zero-order chi connectivity index (χ0) is 34.6. The summed E-state index contributed by atoms with van der Waals surface area (Å²) in [6.07, 6.45) is 0. The molecule has 0 saturated heterocycles. The molecule has 0 fully saturated rings. The molecule has 0 saturated carbocycles. The summed E-state index contributed by atoms with van der Waals surface area (Å²) in [7, 11) is 0. The molecule has 0 spiro atoms. The van der Waals surface area contributed by atoms with Crippen LogP contribution in [-0.4, -0.2) is 9.97 Å². The Morgan fingerprint density at radius 3 is 1.18 bits per heavy atom. The molecule has 1 heterocycles. The number of nitrogens with zero attached hydrogens (tertiary/aromatic N) is 3. The van der Waals surface area contributed by atoms with E-state index < -0.39 is 0 Å². The van der Waals surface area contributed by atoms with Gasteiger partial charge in [0.2, 0.25) is 0 Å². The summed E-state index contributed by atoms with van der Waals surface area (Å²) in [4.78, 5) is 12.7. The Bertz CT molecular complexity index is 2300. The van der Waals surface area contributed by atoms with Crippen LogP contribution in [0.15, 0.2) is 188 Å². The number of benzene rings is 7. The van der Waals surface area contributed by atoms with E-state index >= 15 is 0 Å². The third kappa shape index (κ3) is 6.58. The van der Waals surface area contributed by atoms with Crippen molar-refractivity contribution in [2.75, 3.05) is 4.90 Å². The van der Waals surface area contributed by atoms with Crippen molar-refractivity contribution in [1.82, 2.24) is 9.97 Å². The van der Waals surface area contributed by atoms with Gasteiger partial charge in [-0.15, -0.1) is 0 Å². The molecule has 0 unspecified atom stereocenters. The van der Waals surface area contributed by atoms with Crippen LogP contribution in [0.5, 0.6) is 0 Å². The average molecular weight is 656 g/mol. The second-order valence-corrected chi connectivity index (χ2v) is 12.8. The van der Waals surface area contributed by atoms with Crippen molar-refractivity contribution in [2.45, 2.75) is 13.8 Å². The Labute approximate surface area is 300 Å². The van der Waals surface area contributed by atoms with Crippen LogP contribution in [0.1, 0.15) is 11.1 Å². The van der Waals surface area contributed by atoms with Crippen LogP contribution in [0.2, 0.25) is 0 Å². The highest BCUT2D eigenvalue weighted by molar-refractivity contribution is 5.82. The minimum absolute atomic E-state index is 0.704. The number of rotatable bonds is 8. The lowest BCUT2D eigenvalue weighted by atomic mass is 9.98. The predicted molar refractivity (Wildman–Crippen MR) is 213 cm³/mol. The number of hydrogen-bond donors (Lipinski definition) is 0. The molecule has 0 atom stereocenters. The molecule has 8 rings (SSSR count). The second kappa shape index (κ2) is 14.1. The van der Waals surface area contributed by atoms with Crippen molar-refractivity contribution in [3.8, 4) is 56.2 Å². The van der Waals surface area contributed by atoms with Gasteiger partial charge in [0.15, 0.2) is 5.82 Å². The lowest BCUT2D eigenvalue weighted by molar-refractivity contribution is 1.14. The molecule has 51 heavy (non-hydrogen) atoms. The monoisotopic (exact) mass is 655 g/mol. The normalized spacial score (nSPS) is 10.9. The van der Waals surface area contributed by atoms with E-state index in [9.17, 15) is 0 Å². The molecule has 8 aromatic rings. The van der Waals surface area contributed by atoms with Crippen molar-refractivity contribution in [1.29, 1.82) is 0 Å². The van der Waals surface area contributed by atoms with Crippen molar-refractivity contribution >= 4 is 17.1 Å². The molecule has 0 radical (unpaired) electrons. The first-order valence-corrected chi connectivity index (χ1v) is 17.3. The molecule has 3 heteroatoms. The maximum atomic E-state index is 5.20. The quantitative estimate of drug-likeness (QED) is 0.163. The maximum Gasteiger partial charge on any atom is 0.160 e. The predicted octanol–water partition coefficient (Wildman–Crippen LogP) is 12.9. The molecule has 0 amide bonds. The largest absolute Gasteiger partial charge is 0.311 e. The van der Waals surface area contributed by atoms with Crippen LogP contribution in [0.3, 0.4) is 0 Å². The van der Waals surface area contributed by atoms with E-state index in [0.717, 1.165) is 50.7 Å². The molecule has 0 bridgehead atoms. The Hall–Kier alpha value is -6.58. The highest BCUT2D eigenvalue weighted by Crippen LogP contribution is 2.38. The highest BCUT2D eigenvalue weighted by Gasteiger charge is 2.18.